The van der Waals surface area contributed by atoms with Crippen LogP contribution in [0.3, 0.4) is 0 Å². The average Bonchev–Trinajstić information content (AvgIpc) is 2.89. The molecule has 0 saturated heterocycles. The van der Waals surface area contributed by atoms with Crippen LogP contribution in [0, 0.1) is 19.7 Å². The van der Waals surface area contributed by atoms with E-state index in [1.165, 1.54) is 11.4 Å². The third-order valence-corrected chi connectivity index (χ3v) is 3.77. The van der Waals surface area contributed by atoms with Crippen molar-refractivity contribution in [2.45, 2.75) is 32.7 Å². The topological polar surface area (TPSA) is 17.0 Å². The molecule has 2 nitrogen and oxygen atoms in total. The van der Waals surface area contributed by atoms with Crippen molar-refractivity contribution in [3.63, 3.8) is 0 Å². The van der Waals surface area contributed by atoms with Gasteiger partial charge in [-0.1, -0.05) is 12.1 Å². The van der Waals surface area contributed by atoms with Crippen LogP contribution in [0.1, 0.15) is 35.0 Å². The van der Waals surface area contributed by atoms with Crippen molar-refractivity contribution in [3.05, 3.63) is 58.7 Å². The van der Waals surface area contributed by atoms with Crippen LogP contribution in [0.4, 0.5) is 4.39 Å². The normalized spacial score (nSPS) is 17.8. The van der Waals surface area contributed by atoms with Crippen molar-refractivity contribution < 1.29 is 4.39 Å². The molecule has 1 aromatic heterocycles. The molecule has 1 atom stereocenters. The molecule has 3 rings (SSSR count). The van der Waals surface area contributed by atoms with E-state index in [2.05, 4.69) is 36.1 Å². The average molecular weight is 244 g/mol. The molecule has 18 heavy (non-hydrogen) atoms. The molecular weight excluding hydrogens is 227 g/mol. The molecule has 2 aromatic rings. The molecule has 0 aliphatic heterocycles. The van der Waals surface area contributed by atoms with Gasteiger partial charge in [0.25, 0.3) is 0 Å². The van der Waals surface area contributed by atoms with E-state index in [0.717, 1.165) is 24.0 Å². The minimum absolute atomic E-state index is 0.0715. The number of aromatic nitrogens is 1. The van der Waals surface area contributed by atoms with Gasteiger partial charge in [-0.2, -0.15) is 0 Å². The molecule has 0 bridgehead atoms. The fraction of sp³-hybridized carbons (Fsp3) is 0.333. The van der Waals surface area contributed by atoms with Gasteiger partial charge in [0, 0.05) is 11.4 Å². The summed E-state index contributed by atoms with van der Waals surface area (Å²) in [7, 11) is 0. The Labute approximate surface area is 106 Å². The Morgan fingerprint density at radius 2 is 1.89 bits per heavy atom. The quantitative estimate of drug-likeness (QED) is 0.856. The summed E-state index contributed by atoms with van der Waals surface area (Å²) in [5.41, 5.74) is 7.82. The van der Waals surface area contributed by atoms with E-state index in [1.807, 2.05) is 6.07 Å². The van der Waals surface area contributed by atoms with Crippen LogP contribution in [-0.4, -0.2) is 4.68 Å². The maximum absolute atomic E-state index is 13.7. The Morgan fingerprint density at radius 3 is 2.61 bits per heavy atom. The number of hydrogen-bond donors (Lipinski definition) is 1. The number of benzene rings is 1. The lowest BCUT2D eigenvalue weighted by Crippen LogP contribution is -2.21. The highest BCUT2D eigenvalue weighted by molar-refractivity contribution is 5.37. The number of aryl methyl sites for hydroxylation is 2. The minimum atomic E-state index is -0.0715. The molecule has 0 saturated carbocycles. The van der Waals surface area contributed by atoms with E-state index >= 15 is 0 Å². The van der Waals surface area contributed by atoms with Gasteiger partial charge in [-0.3, -0.25) is 4.68 Å². The minimum Gasteiger partial charge on any atom is -0.318 e. The molecule has 1 heterocycles. The van der Waals surface area contributed by atoms with Gasteiger partial charge >= 0.3 is 0 Å². The zero-order chi connectivity index (χ0) is 12.7. The van der Waals surface area contributed by atoms with Gasteiger partial charge in [0.1, 0.15) is 5.82 Å². The first-order valence-corrected chi connectivity index (χ1v) is 6.35. The first-order chi connectivity index (χ1) is 8.66. The van der Waals surface area contributed by atoms with E-state index in [0.29, 0.717) is 0 Å². The number of nitrogens with one attached hydrogen (secondary N) is 1. The Hall–Kier alpha value is -1.77. The molecule has 0 amide bonds. The molecule has 94 valence electrons. The van der Waals surface area contributed by atoms with E-state index in [4.69, 9.17) is 0 Å². The fourth-order valence-electron chi connectivity index (χ4n) is 2.77. The van der Waals surface area contributed by atoms with Gasteiger partial charge in [0.2, 0.25) is 0 Å². The fourth-order valence-corrected chi connectivity index (χ4v) is 2.77. The van der Waals surface area contributed by atoms with Gasteiger partial charge in [-0.25, -0.2) is 4.39 Å². The van der Waals surface area contributed by atoms with Gasteiger partial charge in [-0.05, 0) is 56.0 Å². The van der Waals surface area contributed by atoms with Crippen molar-refractivity contribution in [1.29, 1.82) is 0 Å². The van der Waals surface area contributed by atoms with Crippen LogP contribution in [-0.2, 0) is 6.42 Å². The second-order valence-electron chi connectivity index (χ2n) is 4.98. The molecule has 1 aliphatic carbocycles. The molecule has 1 aromatic carbocycles. The molecule has 1 unspecified atom stereocenters. The number of rotatable bonds is 2. The highest BCUT2D eigenvalue weighted by atomic mass is 19.1. The largest absolute Gasteiger partial charge is 0.318 e. The Kier molecular flexibility index (Phi) is 2.62. The monoisotopic (exact) mass is 244 g/mol. The summed E-state index contributed by atoms with van der Waals surface area (Å²) in [6.45, 7) is 4.14. The van der Waals surface area contributed by atoms with Gasteiger partial charge in [0.15, 0.2) is 0 Å². The zero-order valence-corrected chi connectivity index (χ0v) is 10.7. The molecule has 0 spiro atoms. The summed E-state index contributed by atoms with van der Waals surface area (Å²) in [5, 5.41) is 0. The van der Waals surface area contributed by atoms with Crippen LogP contribution in [0.25, 0.3) is 0 Å². The van der Waals surface area contributed by atoms with E-state index in [1.54, 1.807) is 12.1 Å². The summed E-state index contributed by atoms with van der Waals surface area (Å²) < 4.78 is 15.8. The third kappa shape index (κ3) is 1.70. The van der Waals surface area contributed by atoms with Gasteiger partial charge < -0.3 is 5.43 Å². The van der Waals surface area contributed by atoms with Crippen molar-refractivity contribution in [2.24, 2.45) is 0 Å². The van der Waals surface area contributed by atoms with Crippen LogP contribution < -0.4 is 5.43 Å². The molecule has 1 N–H and O–H groups in total. The van der Waals surface area contributed by atoms with Crippen LogP contribution >= 0.6 is 0 Å². The zero-order valence-electron chi connectivity index (χ0n) is 10.7. The first kappa shape index (κ1) is 11.3. The smallest absolute Gasteiger partial charge is 0.126 e. The lowest BCUT2D eigenvalue weighted by molar-refractivity contribution is 0.612. The second kappa shape index (κ2) is 4.16. The molecule has 0 fully saturated rings. The highest BCUT2D eigenvalue weighted by Crippen LogP contribution is 2.33. The third-order valence-electron chi connectivity index (χ3n) is 3.77. The number of fused-ring (bicyclic) bond motifs is 1. The predicted molar refractivity (Wildman–Crippen MR) is 70.7 cm³/mol. The van der Waals surface area contributed by atoms with Crippen molar-refractivity contribution >= 4 is 0 Å². The van der Waals surface area contributed by atoms with Crippen LogP contribution in [0.5, 0.6) is 0 Å². The summed E-state index contributed by atoms with van der Waals surface area (Å²) in [5.74, 6) is -0.0715. The second-order valence-corrected chi connectivity index (χ2v) is 4.98. The van der Waals surface area contributed by atoms with E-state index in [9.17, 15) is 4.39 Å². The molecule has 0 radical (unpaired) electrons. The number of halogens is 1. The Balaban J connectivity index is 1.92. The van der Waals surface area contributed by atoms with Crippen molar-refractivity contribution in [3.8, 4) is 0 Å². The maximum atomic E-state index is 13.7. The summed E-state index contributed by atoms with van der Waals surface area (Å²) in [6.07, 6.45) is 1.77. The van der Waals surface area contributed by atoms with Crippen LogP contribution in [0.2, 0.25) is 0 Å². The van der Waals surface area contributed by atoms with Crippen molar-refractivity contribution in [2.75, 3.05) is 5.43 Å². The molecule has 1 aliphatic rings. The van der Waals surface area contributed by atoms with E-state index in [-0.39, 0.29) is 11.9 Å². The summed E-state index contributed by atoms with van der Waals surface area (Å²) in [6, 6.07) is 9.75. The number of hydrogen-bond acceptors (Lipinski definition) is 1. The summed E-state index contributed by atoms with van der Waals surface area (Å²) in [4.78, 5) is 0. The van der Waals surface area contributed by atoms with Crippen molar-refractivity contribution in [1.82, 2.24) is 4.68 Å². The maximum Gasteiger partial charge on any atom is 0.126 e. The standard InChI is InChI=1S/C15H17FN2/c1-10-6-7-11(2)18(10)17-15-9-8-12-13(15)4-3-5-14(12)16/h3-7,15,17H,8-9H2,1-2H3. The Morgan fingerprint density at radius 1 is 1.17 bits per heavy atom. The summed E-state index contributed by atoms with van der Waals surface area (Å²) >= 11 is 0. The van der Waals surface area contributed by atoms with E-state index < -0.39 is 0 Å². The van der Waals surface area contributed by atoms with Gasteiger partial charge in [-0.15, -0.1) is 0 Å². The lowest BCUT2D eigenvalue weighted by atomic mass is 10.1. The first-order valence-electron chi connectivity index (χ1n) is 6.35. The number of nitrogens with zero attached hydrogens (tertiary/aromatic N) is 1. The van der Waals surface area contributed by atoms with Gasteiger partial charge in [0.05, 0.1) is 6.04 Å². The van der Waals surface area contributed by atoms with Crippen LogP contribution in [0.15, 0.2) is 30.3 Å². The molecular formula is C15H17FN2. The lowest BCUT2D eigenvalue weighted by Gasteiger charge is -2.19. The SMILES string of the molecule is Cc1ccc(C)n1NC1CCc2c(F)cccc21. The molecule has 3 heteroatoms. The predicted octanol–water partition coefficient (Wildman–Crippen LogP) is 3.48. The highest BCUT2D eigenvalue weighted by Gasteiger charge is 2.25. The Bertz CT molecular complexity index is 567.